The number of anilines is 1. The Bertz CT molecular complexity index is 964. The zero-order valence-corrected chi connectivity index (χ0v) is 21.8. The van der Waals surface area contributed by atoms with Gasteiger partial charge in [-0.25, -0.2) is 0 Å². The van der Waals surface area contributed by atoms with Crippen LogP contribution in [0.3, 0.4) is 0 Å². The van der Waals surface area contributed by atoms with E-state index in [-0.39, 0.29) is 17.2 Å². The van der Waals surface area contributed by atoms with Crippen LogP contribution in [0, 0.1) is 0 Å². The Hall–Kier alpha value is -2.67. The summed E-state index contributed by atoms with van der Waals surface area (Å²) in [5, 5.41) is 3.01. The van der Waals surface area contributed by atoms with Crippen molar-refractivity contribution in [3.05, 3.63) is 59.7 Å². The summed E-state index contributed by atoms with van der Waals surface area (Å²) < 4.78 is 5.34. The highest BCUT2D eigenvalue weighted by molar-refractivity contribution is 7.98. The maximum atomic E-state index is 13.4. The lowest BCUT2D eigenvalue weighted by atomic mass is 9.86. The second kappa shape index (κ2) is 11.6. The van der Waals surface area contributed by atoms with Gasteiger partial charge in [0.15, 0.2) is 0 Å². The van der Waals surface area contributed by atoms with E-state index in [2.05, 4.69) is 37.1 Å². The van der Waals surface area contributed by atoms with Gasteiger partial charge in [-0.3, -0.25) is 9.59 Å². The SMILES string of the molecule is COc1cccc(N2CCN(C(=O)C(CCSC)NC(=O)c3ccc(C(C)(C)C)cc3)CC2)c1. The van der Waals surface area contributed by atoms with Crippen molar-refractivity contribution >= 4 is 29.3 Å². The first-order valence-electron chi connectivity index (χ1n) is 11.8. The normalized spacial score (nSPS) is 15.1. The Balaban J connectivity index is 1.63. The number of nitrogens with zero attached hydrogens (tertiary/aromatic N) is 2. The van der Waals surface area contributed by atoms with Crippen LogP contribution in [0.5, 0.6) is 5.75 Å². The molecule has 0 bridgehead atoms. The molecule has 6 nitrogen and oxygen atoms in total. The molecule has 1 N–H and O–H groups in total. The van der Waals surface area contributed by atoms with Gasteiger partial charge in [-0.05, 0) is 53.7 Å². The number of carbonyl (C=O) groups excluding carboxylic acids is 2. The van der Waals surface area contributed by atoms with Gasteiger partial charge in [-0.1, -0.05) is 39.0 Å². The van der Waals surface area contributed by atoms with Crippen molar-refractivity contribution in [2.24, 2.45) is 0 Å². The molecule has 2 amide bonds. The van der Waals surface area contributed by atoms with Gasteiger partial charge >= 0.3 is 0 Å². The van der Waals surface area contributed by atoms with Crippen molar-refractivity contribution < 1.29 is 14.3 Å². The van der Waals surface area contributed by atoms with Crippen molar-refractivity contribution in [1.82, 2.24) is 10.2 Å². The molecule has 1 unspecified atom stereocenters. The van der Waals surface area contributed by atoms with Crippen LogP contribution in [0.1, 0.15) is 43.1 Å². The predicted molar refractivity (Wildman–Crippen MR) is 141 cm³/mol. The van der Waals surface area contributed by atoms with Crippen LogP contribution in [-0.4, -0.2) is 68.1 Å². The minimum absolute atomic E-state index is 0.000922. The third-order valence-corrected chi connectivity index (χ3v) is 6.88. The summed E-state index contributed by atoms with van der Waals surface area (Å²) in [4.78, 5) is 30.5. The lowest BCUT2D eigenvalue weighted by molar-refractivity contribution is -0.133. The number of hydrogen-bond donors (Lipinski definition) is 1. The fourth-order valence-electron chi connectivity index (χ4n) is 4.07. The van der Waals surface area contributed by atoms with E-state index in [0.717, 1.165) is 30.3 Å². The second-order valence-electron chi connectivity index (χ2n) is 9.65. The fourth-order valence-corrected chi connectivity index (χ4v) is 4.54. The Labute approximate surface area is 208 Å². The number of carbonyl (C=O) groups is 2. The van der Waals surface area contributed by atoms with Gasteiger partial charge < -0.3 is 19.9 Å². The van der Waals surface area contributed by atoms with Crippen LogP contribution in [0.2, 0.25) is 0 Å². The number of thioether (sulfide) groups is 1. The number of amides is 2. The van der Waals surface area contributed by atoms with Crippen LogP contribution in [-0.2, 0) is 10.2 Å². The third-order valence-electron chi connectivity index (χ3n) is 6.24. The molecule has 1 aliphatic rings. The molecule has 0 aromatic heterocycles. The number of ether oxygens (including phenoxy) is 1. The van der Waals surface area contributed by atoms with E-state index in [4.69, 9.17) is 4.74 Å². The molecule has 7 heteroatoms. The molecule has 3 rings (SSSR count). The van der Waals surface area contributed by atoms with Crippen molar-refractivity contribution in [2.45, 2.75) is 38.6 Å². The molecule has 1 aliphatic heterocycles. The van der Waals surface area contributed by atoms with Gasteiger partial charge in [-0.15, -0.1) is 0 Å². The number of hydrogen-bond acceptors (Lipinski definition) is 5. The summed E-state index contributed by atoms with van der Waals surface area (Å²) in [6, 6.07) is 15.1. The van der Waals surface area contributed by atoms with Crippen molar-refractivity contribution in [2.75, 3.05) is 50.2 Å². The standard InChI is InChI=1S/C27H37N3O3S/c1-27(2,3)21-11-9-20(10-12-21)25(31)28-24(13-18-34-5)26(32)30-16-14-29(15-17-30)22-7-6-8-23(19-22)33-4/h6-12,19,24H,13-18H2,1-5H3,(H,28,31). The Morgan fingerprint density at radius 2 is 1.74 bits per heavy atom. The molecule has 0 aliphatic carbocycles. The van der Waals surface area contributed by atoms with Crippen LogP contribution < -0.4 is 15.0 Å². The predicted octanol–water partition coefficient (Wildman–Crippen LogP) is 4.19. The summed E-state index contributed by atoms with van der Waals surface area (Å²) >= 11 is 1.68. The molecule has 1 fully saturated rings. The molecule has 0 radical (unpaired) electrons. The van der Waals surface area contributed by atoms with Crippen LogP contribution in [0.4, 0.5) is 5.69 Å². The first kappa shape index (κ1) is 25.9. The Morgan fingerprint density at radius 3 is 2.32 bits per heavy atom. The number of benzene rings is 2. The first-order valence-corrected chi connectivity index (χ1v) is 13.2. The summed E-state index contributed by atoms with van der Waals surface area (Å²) in [6.07, 6.45) is 2.63. The summed E-state index contributed by atoms with van der Waals surface area (Å²) in [7, 11) is 1.66. The number of rotatable bonds is 8. The van der Waals surface area contributed by atoms with Gasteiger partial charge in [0.2, 0.25) is 5.91 Å². The topological polar surface area (TPSA) is 61.9 Å². The number of piperazine rings is 1. The monoisotopic (exact) mass is 483 g/mol. The number of methoxy groups -OCH3 is 1. The van der Waals surface area contributed by atoms with Crippen molar-refractivity contribution in [1.29, 1.82) is 0 Å². The molecule has 1 atom stereocenters. The lowest BCUT2D eigenvalue weighted by Crippen LogP contribution is -2.55. The van der Waals surface area contributed by atoms with E-state index >= 15 is 0 Å². The molecule has 1 saturated heterocycles. The molecule has 2 aromatic carbocycles. The lowest BCUT2D eigenvalue weighted by Gasteiger charge is -2.37. The summed E-state index contributed by atoms with van der Waals surface area (Å²) in [5.74, 6) is 1.43. The molecule has 1 heterocycles. The highest BCUT2D eigenvalue weighted by Crippen LogP contribution is 2.23. The molecular formula is C27H37N3O3S. The number of nitrogens with one attached hydrogen (secondary N) is 1. The quantitative estimate of drug-likeness (QED) is 0.610. The maximum absolute atomic E-state index is 13.4. The highest BCUT2D eigenvalue weighted by atomic mass is 32.2. The Kier molecular flexibility index (Phi) is 8.89. The van der Waals surface area contributed by atoms with Gasteiger partial charge in [0, 0.05) is 43.5 Å². The van der Waals surface area contributed by atoms with E-state index in [0.29, 0.717) is 25.1 Å². The molecule has 2 aromatic rings. The first-order chi connectivity index (χ1) is 16.2. The molecular weight excluding hydrogens is 446 g/mol. The smallest absolute Gasteiger partial charge is 0.251 e. The molecule has 0 saturated carbocycles. The minimum atomic E-state index is -0.523. The minimum Gasteiger partial charge on any atom is -0.497 e. The van der Waals surface area contributed by atoms with Gasteiger partial charge in [0.05, 0.1) is 7.11 Å². The van der Waals surface area contributed by atoms with Gasteiger partial charge in [0.1, 0.15) is 11.8 Å². The zero-order valence-electron chi connectivity index (χ0n) is 21.0. The van der Waals surface area contributed by atoms with E-state index in [1.54, 1.807) is 18.9 Å². The molecule has 184 valence electrons. The van der Waals surface area contributed by atoms with E-state index in [1.807, 2.05) is 53.6 Å². The Morgan fingerprint density at radius 1 is 1.06 bits per heavy atom. The van der Waals surface area contributed by atoms with E-state index in [1.165, 1.54) is 5.56 Å². The van der Waals surface area contributed by atoms with E-state index in [9.17, 15) is 9.59 Å². The molecule has 0 spiro atoms. The van der Waals surface area contributed by atoms with Crippen LogP contribution >= 0.6 is 11.8 Å². The van der Waals surface area contributed by atoms with Crippen LogP contribution in [0.15, 0.2) is 48.5 Å². The molecule has 34 heavy (non-hydrogen) atoms. The third kappa shape index (κ3) is 6.69. The fraction of sp³-hybridized carbons (Fsp3) is 0.481. The van der Waals surface area contributed by atoms with E-state index < -0.39 is 6.04 Å². The average molecular weight is 484 g/mol. The second-order valence-corrected chi connectivity index (χ2v) is 10.6. The summed E-state index contributed by atoms with van der Waals surface area (Å²) in [5.41, 5.74) is 2.88. The van der Waals surface area contributed by atoms with Crippen molar-refractivity contribution in [3.8, 4) is 5.75 Å². The maximum Gasteiger partial charge on any atom is 0.251 e. The van der Waals surface area contributed by atoms with Gasteiger partial charge in [-0.2, -0.15) is 11.8 Å². The van der Waals surface area contributed by atoms with Crippen LogP contribution in [0.25, 0.3) is 0 Å². The summed E-state index contributed by atoms with van der Waals surface area (Å²) in [6.45, 7) is 9.18. The van der Waals surface area contributed by atoms with Gasteiger partial charge in [0.25, 0.3) is 5.91 Å². The zero-order chi connectivity index (χ0) is 24.7. The largest absolute Gasteiger partial charge is 0.497 e. The highest BCUT2D eigenvalue weighted by Gasteiger charge is 2.29. The average Bonchev–Trinajstić information content (AvgIpc) is 2.85. The van der Waals surface area contributed by atoms with Crippen molar-refractivity contribution in [3.63, 3.8) is 0 Å².